The molecule has 0 aliphatic rings. The molecule has 0 saturated carbocycles. The lowest BCUT2D eigenvalue weighted by Crippen LogP contribution is -2.25. The van der Waals surface area contributed by atoms with E-state index in [9.17, 15) is 13.6 Å². The summed E-state index contributed by atoms with van der Waals surface area (Å²) in [5, 5.41) is 0. The molecule has 6 heteroatoms. The van der Waals surface area contributed by atoms with Gasteiger partial charge in [0.1, 0.15) is 11.6 Å². The molecule has 0 heterocycles. The Labute approximate surface area is 102 Å². The standard InChI is InChI=1S/C9H7Br2F2NO/c10-5-1-4(2-6(11)9(14)15)7(12)3-8(5)13/h1,3,6H,2H2,(H2,14,15). The van der Waals surface area contributed by atoms with Gasteiger partial charge in [-0.3, -0.25) is 4.79 Å². The van der Waals surface area contributed by atoms with E-state index >= 15 is 0 Å². The molecule has 1 aromatic carbocycles. The van der Waals surface area contributed by atoms with Crippen molar-refractivity contribution < 1.29 is 13.6 Å². The summed E-state index contributed by atoms with van der Waals surface area (Å²) in [5.41, 5.74) is 5.23. The molecule has 0 radical (unpaired) electrons. The second-order valence-electron chi connectivity index (χ2n) is 2.93. The molecule has 1 aromatic rings. The zero-order valence-electron chi connectivity index (χ0n) is 7.44. The summed E-state index contributed by atoms with van der Waals surface area (Å²) in [4.78, 5) is 10.1. The van der Waals surface area contributed by atoms with Gasteiger partial charge in [-0.25, -0.2) is 8.78 Å². The lowest BCUT2D eigenvalue weighted by molar-refractivity contribution is -0.117. The molecular weight excluding hydrogens is 336 g/mol. The molecule has 0 aromatic heterocycles. The van der Waals surface area contributed by atoms with Crippen molar-refractivity contribution in [2.45, 2.75) is 11.2 Å². The van der Waals surface area contributed by atoms with Crippen LogP contribution in [0, 0.1) is 11.6 Å². The van der Waals surface area contributed by atoms with E-state index in [1.165, 1.54) is 6.07 Å². The van der Waals surface area contributed by atoms with Crippen LogP contribution in [0.4, 0.5) is 8.78 Å². The van der Waals surface area contributed by atoms with Crippen molar-refractivity contribution in [2.75, 3.05) is 0 Å². The van der Waals surface area contributed by atoms with Crippen LogP contribution in [0.3, 0.4) is 0 Å². The number of nitrogens with two attached hydrogens (primary N) is 1. The molecule has 0 aliphatic carbocycles. The maximum absolute atomic E-state index is 13.2. The number of carbonyl (C=O) groups is 1. The van der Waals surface area contributed by atoms with Gasteiger partial charge in [0, 0.05) is 6.07 Å². The fourth-order valence-electron chi connectivity index (χ4n) is 1.01. The molecule has 0 bridgehead atoms. The van der Waals surface area contributed by atoms with Gasteiger partial charge in [-0.2, -0.15) is 0 Å². The van der Waals surface area contributed by atoms with E-state index in [0.717, 1.165) is 6.07 Å². The van der Waals surface area contributed by atoms with Crippen LogP contribution in [0.25, 0.3) is 0 Å². The molecule has 1 atom stereocenters. The van der Waals surface area contributed by atoms with Crippen molar-refractivity contribution in [3.63, 3.8) is 0 Å². The van der Waals surface area contributed by atoms with Crippen LogP contribution in [-0.4, -0.2) is 10.7 Å². The van der Waals surface area contributed by atoms with Gasteiger partial charge in [-0.15, -0.1) is 0 Å². The molecule has 0 fully saturated rings. The van der Waals surface area contributed by atoms with Crippen LogP contribution in [0.5, 0.6) is 0 Å². The summed E-state index contributed by atoms with van der Waals surface area (Å²) in [7, 11) is 0. The fraction of sp³-hybridized carbons (Fsp3) is 0.222. The van der Waals surface area contributed by atoms with E-state index in [1.807, 2.05) is 0 Å². The Morgan fingerprint density at radius 2 is 2.00 bits per heavy atom. The van der Waals surface area contributed by atoms with Gasteiger partial charge in [-0.1, -0.05) is 15.9 Å². The van der Waals surface area contributed by atoms with E-state index in [-0.39, 0.29) is 16.5 Å². The second kappa shape index (κ2) is 5.03. The van der Waals surface area contributed by atoms with Crippen molar-refractivity contribution in [2.24, 2.45) is 5.73 Å². The summed E-state index contributed by atoms with van der Waals surface area (Å²) < 4.78 is 26.2. The number of primary amides is 1. The van der Waals surface area contributed by atoms with Crippen LogP contribution >= 0.6 is 31.9 Å². The van der Waals surface area contributed by atoms with Gasteiger partial charge >= 0.3 is 0 Å². The average molecular weight is 343 g/mol. The first-order valence-electron chi connectivity index (χ1n) is 3.98. The third kappa shape index (κ3) is 3.24. The Hall–Kier alpha value is -0.490. The van der Waals surface area contributed by atoms with Crippen molar-refractivity contribution in [3.05, 3.63) is 33.8 Å². The number of hydrogen-bond donors (Lipinski definition) is 1. The predicted octanol–water partition coefficient (Wildman–Crippen LogP) is 2.52. The van der Waals surface area contributed by atoms with Crippen LogP contribution in [0.2, 0.25) is 0 Å². The molecule has 1 rings (SSSR count). The molecule has 1 amide bonds. The molecule has 2 N–H and O–H groups in total. The summed E-state index contributed by atoms with van der Waals surface area (Å²) in [6.45, 7) is 0. The Bertz CT molecular complexity index is 398. The number of amides is 1. The normalized spacial score (nSPS) is 12.5. The lowest BCUT2D eigenvalue weighted by Gasteiger charge is -2.07. The topological polar surface area (TPSA) is 43.1 Å². The second-order valence-corrected chi connectivity index (χ2v) is 4.89. The Kier molecular flexibility index (Phi) is 4.21. The molecule has 82 valence electrons. The Balaban J connectivity index is 2.95. The number of hydrogen-bond acceptors (Lipinski definition) is 1. The van der Waals surface area contributed by atoms with Gasteiger partial charge in [0.25, 0.3) is 0 Å². The SMILES string of the molecule is NC(=O)C(Br)Cc1cc(Br)c(F)cc1F. The number of rotatable bonds is 3. The van der Waals surface area contributed by atoms with Gasteiger partial charge in [0.05, 0.1) is 9.30 Å². The van der Waals surface area contributed by atoms with Crippen molar-refractivity contribution in [3.8, 4) is 0 Å². The highest BCUT2D eigenvalue weighted by atomic mass is 79.9. The summed E-state index contributed by atoms with van der Waals surface area (Å²) in [6.07, 6.45) is 0.0834. The van der Waals surface area contributed by atoms with Crippen molar-refractivity contribution >= 4 is 37.8 Å². The molecule has 0 aliphatic heterocycles. The van der Waals surface area contributed by atoms with Crippen LogP contribution in [0.15, 0.2) is 16.6 Å². The number of alkyl halides is 1. The average Bonchev–Trinajstić information content (AvgIpc) is 2.13. The molecule has 0 spiro atoms. The minimum absolute atomic E-state index is 0.0834. The molecule has 2 nitrogen and oxygen atoms in total. The van der Waals surface area contributed by atoms with E-state index < -0.39 is 22.4 Å². The largest absolute Gasteiger partial charge is 0.369 e. The zero-order chi connectivity index (χ0) is 11.6. The fourth-order valence-corrected chi connectivity index (χ4v) is 1.75. The first-order chi connectivity index (χ1) is 6.91. The minimum atomic E-state index is -0.693. The quantitative estimate of drug-likeness (QED) is 0.665. The van der Waals surface area contributed by atoms with Crippen LogP contribution in [-0.2, 0) is 11.2 Å². The summed E-state index contributed by atoms with van der Waals surface area (Å²) in [6, 6.07) is 2.06. The van der Waals surface area contributed by atoms with Gasteiger partial charge in [-0.05, 0) is 34.0 Å². The van der Waals surface area contributed by atoms with E-state index in [1.54, 1.807) is 0 Å². The van der Waals surface area contributed by atoms with Gasteiger partial charge in [0.2, 0.25) is 5.91 Å². The van der Waals surface area contributed by atoms with Crippen LogP contribution in [0.1, 0.15) is 5.56 Å². The van der Waals surface area contributed by atoms with Crippen molar-refractivity contribution in [1.29, 1.82) is 0 Å². The highest BCUT2D eigenvalue weighted by Crippen LogP contribution is 2.22. The molecule has 1 unspecified atom stereocenters. The Morgan fingerprint density at radius 1 is 1.40 bits per heavy atom. The smallest absolute Gasteiger partial charge is 0.231 e. The van der Waals surface area contributed by atoms with Crippen LogP contribution < -0.4 is 5.73 Å². The van der Waals surface area contributed by atoms with Gasteiger partial charge < -0.3 is 5.73 Å². The lowest BCUT2D eigenvalue weighted by atomic mass is 10.1. The molecular formula is C9H7Br2F2NO. The first kappa shape index (κ1) is 12.6. The summed E-state index contributed by atoms with van der Waals surface area (Å²) >= 11 is 5.94. The minimum Gasteiger partial charge on any atom is -0.369 e. The predicted molar refractivity (Wildman–Crippen MR) is 59.7 cm³/mol. The maximum atomic E-state index is 13.2. The van der Waals surface area contributed by atoms with Crippen molar-refractivity contribution in [1.82, 2.24) is 0 Å². The molecule has 0 saturated heterocycles. The molecule has 15 heavy (non-hydrogen) atoms. The van der Waals surface area contributed by atoms with E-state index in [0.29, 0.717) is 0 Å². The number of carbonyl (C=O) groups excluding carboxylic acids is 1. The third-order valence-corrected chi connectivity index (χ3v) is 3.18. The van der Waals surface area contributed by atoms with E-state index in [4.69, 9.17) is 5.73 Å². The number of benzene rings is 1. The Morgan fingerprint density at radius 3 is 2.53 bits per heavy atom. The highest BCUT2D eigenvalue weighted by molar-refractivity contribution is 9.10. The first-order valence-corrected chi connectivity index (χ1v) is 5.69. The highest BCUT2D eigenvalue weighted by Gasteiger charge is 2.16. The zero-order valence-corrected chi connectivity index (χ0v) is 10.6. The monoisotopic (exact) mass is 341 g/mol. The number of halogens is 4. The van der Waals surface area contributed by atoms with E-state index in [2.05, 4.69) is 31.9 Å². The van der Waals surface area contributed by atoms with Gasteiger partial charge in [0.15, 0.2) is 0 Å². The summed E-state index contributed by atoms with van der Waals surface area (Å²) in [5.74, 6) is -1.96. The third-order valence-electron chi connectivity index (χ3n) is 1.80. The maximum Gasteiger partial charge on any atom is 0.231 e.